The topological polar surface area (TPSA) is 29.5 Å². The molecule has 0 bridgehead atoms. The summed E-state index contributed by atoms with van der Waals surface area (Å²) in [5.41, 5.74) is 0.844. The van der Waals surface area contributed by atoms with Crippen LogP contribution in [0.15, 0.2) is 21.1 Å². The second-order valence-electron chi connectivity index (χ2n) is 2.63. The normalized spacial score (nSPS) is 20.4. The molecule has 2 rings (SSSR count). The van der Waals surface area contributed by atoms with E-state index in [-0.39, 0.29) is 0 Å². The van der Waals surface area contributed by atoms with Crippen molar-refractivity contribution in [2.24, 2.45) is 0 Å². The van der Waals surface area contributed by atoms with Crippen molar-refractivity contribution in [3.8, 4) is 5.75 Å². The third-order valence-corrected chi connectivity index (χ3v) is 2.83. The van der Waals surface area contributed by atoms with Crippen LogP contribution in [0.5, 0.6) is 5.75 Å². The summed E-state index contributed by atoms with van der Waals surface area (Å²) in [6.07, 6.45) is -0.492. The van der Waals surface area contributed by atoms with Crippen LogP contribution in [-0.2, 0) is 0 Å². The third kappa shape index (κ3) is 1.28. The second-order valence-corrected chi connectivity index (χ2v) is 4.40. The van der Waals surface area contributed by atoms with Crippen molar-refractivity contribution < 1.29 is 9.84 Å². The molecule has 1 atom stereocenters. The first-order valence-corrected chi connectivity index (χ1v) is 5.07. The molecule has 0 aliphatic carbocycles. The van der Waals surface area contributed by atoms with Crippen LogP contribution in [0.3, 0.4) is 0 Å². The lowest BCUT2D eigenvalue weighted by Crippen LogP contribution is -1.97. The molecule has 4 heteroatoms. The van der Waals surface area contributed by atoms with Crippen molar-refractivity contribution in [2.75, 3.05) is 6.61 Å². The lowest BCUT2D eigenvalue weighted by Gasteiger charge is -2.02. The Morgan fingerprint density at radius 3 is 2.92 bits per heavy atom. The molecule has 0 unspecified atom stereocenters. The standard InChI is InChI=1S/C8H6Br2O2/c9-4-1-5-7(11)3-12-8(5)6(10)2-4/h1-2,7,11H,3H2/t7-/m0/s1. The van der Waals surface area contributed by atoms with E-state index in [0.717, 1.165) is 20.3 Å². The van der Waals surface area contributed by atoms with E-state index in [1.54, 1.807) is 0 Å². The van der Waals surface area contributed by atoms with E-state index in [9.17, 15) is 5.11 Å². The number of ether oxygens (including phenoxy) is 1. The molecular formula is C8H6Br2O2. The first-order chi connectivity index (χ1) is 5.68. The monoisotopic (exact) mass is 292 g/mol. The molecule has 1 aliphatic heterocycles. The fourth-order valence-electron chi connectivity index (χ4n) is 1.23. The van der Waals surface area contributed by atoms with E-state index in [2.05, 4.69) is 31.9 Å². The summed E-state index contributed by atoms with van der Waals surface area (Å²) in [5.74, 6) is 0.755. The maximum atomic E-state index is 9.46. The molecule has 1 heterocycles. The molecule has 0 aromatic heterocycles. The first kappa shape index (κ1) is 8.53. The predicted molar refractivity (Wildman–Crippen MR) is 52.3 cm³/mol. The number of benzene rings is 1. The Labute approximate surface area is 86.8 Å². The van der Waals surface area contributed by atoms with Crippen LogP contribution in [0.25, 0.3) is 0 Å². The number of hydrogen-bond acceptors (Lipinski definition) is 2. The lowest BCUT2D eigenvalue weighted by molar-refractivity contribution is 0.140. The van der Waals surface area contributed by atoms with Gasteiger partial charge in [-0.15, -0.1) is 0 Å². The van der Waals surface area contributed by atoms with E-state index < -0.39 is 6.10 Å². The second kappa shape index (κ2) is 3.01. The van der Waals surface area contributed by atoms with Gasteiger partial charge in [0.1, 0.15) is 18.5 Å². The number of fused-ring (bicyclic) bond motifs is 1. The summed E-state index contributed by atoms with van der Waals surface area (Å²) in [7, 11) is 0. The first-order valence-electron chi connectivity index (χ1n) is 3.48. The van der Waals surface area contributed by atoms with Crippen molar-refractivity contribution in [3.63, 3.8) is 0 Å². The van der Waals surface area contributed by atoms with E-state index >= 15 is 0 Å². The molecular weight excluding hydrogens is 288 g/mol. The molecule has 64 valence electrons. The fraction of sp³-hybridized carbons (Fsp3) is 0.250. The van der Waals surface area contributed by atoms with E-state index in [1.165, 1.54) is 0 Å². The van der Waals surface area contributed by atoms with Gasteiger partial charge in [0.15, 0.2) is 0 Å². The minimum atomic E-state index is -0.492. The Hall–Kier alpha value is -0.0600. The van der Waals surface area contributed by atoms with Crippen LogP contribution in [-0.4, -0.2) is 11.7 Å². The van der Waals surface area contributed by atoms with Crippen molar-refractivity contribution >= 4 is 31.9 Å². The largest absolute Gasteiger partial charge is 0.489 e. The van der Waals surface area contributed by atoms with Gasteiger partial charge < -0.3 is 9.84 Å². The summed E-state index contributed by atoms with van der Waals surface area (Å²) >= 11 is 6.71. The lowest BCUT2D eigenvalue weighted by atomic mass is 10.1. The van der Waals surface area contributed by atoms with Gasteiger partial charge in [-0.3, -0.25) is 0 Å². The van der Waals surface area contributed by atoms with Crippen molar-refractivity contribution in [1.29, 1.82) is 0 Å². The number of hydrogen-bond donors (Lipinski definition) is 1. The molecule has 0 spiro atoms. The van der Waals surface area contributed by atoms with Gasteiger partial charge in [-0.2, -0.15) is 0 Å². The summed E-state index contributed by atoms with van der Waals surface area (Å²) in [6.45, 7) is 0.352. The van der Waals surface area contributed by atoms with Crippen LogP contribution in [0.1, 0.15) is 11.7 Å². The number of aliphatic hydroxyl groups excluding tert-OH is 1. The minimum absolute atomic E-state index is 0.352. The Kier molecular flexibility index (Phi) is 2.14. The smallest absolute Gasteiger partial charge is 0.139 e. The summed E-state index contributed by atoms with van der Waals surface area (Å²) in [4.78, 5) is 0. The maximum Gasteiger partial charge on any atom is 0.139 e. The Morgan fingerprint density at radius 1 is 1.42 bits per heavy atom. The van der Waals surface area contributed by atoms with E-state index in [4.69, 9.17) is 4.74 Å². The van der Waals surface area contributed by atoms with Gasteiger partial charge in [0.25, 0.3) is 0 Å². The molecule has 1 aromatic rings. The van der Waals surface area contributed by atoms with Crippen molar-refractivity contribution in [2.45, 2.75) is 6.10 Å². The highest BCUT2D eigenvalue weighted by atomic mass is 79.9. The maximum absolute atomic E-state index is 9.46. The average Bonchev–Trinajstić information content (AvgIpc) is 2.33. The summed E-state index contributed by atoms with van der Waals surface area (Å²) in [5, 5.41) is 9.46. The van der Waals surface area contributed by atoms with Crippen molar-refractivity contribution in [1.82, 2.24) is 0 Å². The van der Waals surface area contributed by atoms with Gasteiger partial charge in [0.2, 0.25) is 0 Å². The zero-order valence-corrected chi connectivity index (χ0v) is 9.22. The molecule has 0 radical (unpaired) electrons. The summed E-state index contributed by atoms with van der Waals surface area (Å²) < 4.78 is 7.10. The molecule has 1 N–H and O–H groups in total. The van der Waals surface area contributed by atoms with Gasteiger partial charge in [-0.05, 0) is 28.1 Å². The van der Waals surface area contributed by atoms with Crippen LogP contribution >= 0.6 is 31.9 Å². The Bertz CT molecular complexity index is 325. The average molecular weight is 294 g/mol. The van der Waals surface area contributed by atoms with E-state index in [0.29, 0.717) is 6.61 Å². The molecule has 0 fully saturated rings. The molecule has 0 saturated carbocycles. The fourth-order valence-corrected chi connectivity index (χ4v) is 2.60. The minimum Gasteiger partial charge on any atom is -0.489 e. The highest BCUT2D eigenvalue weighted by Gasteiger charge is 2.24. The zero-order chi connectivity index (χ0) is 8.72. The number of aliphatic hydroxyl groups is 1. The van der Waals surface area contributed by atoms with E-state index in [1.807, 2.05) is 12.1 Å². The number of rotatable bonds is 0. The molecule has 2 nitrogen and oxygen atoms in total. The van der Waals surface area contributed by atoms with Gasteiger partial charge in [-0.25, -0.2) is 0 Å². The highest BCUT2D eigenvalue weighted by molar-refractivity contribution is 9.11. The third-order valence-electron chi connectivity index (χ3n) is 1.78. The Morgan fingerprint density at radius 2 is 2.17 bits per heavy atom. The van der Waals surface area contributed by atoms with Gasteiger partial charge in [0.05, 0.1) is 4.47 Å². The molecule has 12 heavy (non-hydrogen) atoms. The molecule has 1 aliphatic rings. The SMILES string of the molecule is O[C@H]1COc2c(Br)cc(Br)cc21. The number of halogens is 2. The van der Waals surface area contributed by atoms with Gasteiger partial charge >= 0.3 is 0 Å². The predicted octanol–water partition coefficient (Wildman–Crippen LogP) is 2.64. The Balaban J connectivity index is 2.60. The quantitative estimate of drug-likeness (QED) is 0.797. The molecule has 0 saturated heterocycles. The van der Waals surface area contributed by atoms with Crippen LogP contribution in [0, 0.1) is 0 Å². The van der Waals surface area contributed by atoms with Crippen LogP contribution in [0.4, 0.5) is 0 Å². The summed E-state index contributed by atoms with van der Waals surface area (Å²) in [6, 6.07) is 3.77. The zero-order valence-electron chi connectivity index (χ0n) is 6.05. The van der Waals surface area contributed by atoms with Crippen molar-refractivity contribution in [3.05, 3.63) is 26.6 Å². The molecule has 0 amide bonds. The van der Waals surface area contributed by atoms with Crippen LogP contribution < -0.4 is 4.74 Å². The van der Waals surface area contributed by atoms with Gasteiger partial charge in [-0.1, -0.05) is 15.9 Å². The highest BCUT2D eigenvalue weighted by Crippen LogP contribution is 2.40. The van der Waals surface area contributed by atoms with Crippen LogP contribution in [0.2, 0.25) is 0 Å². The molecule has 1 aromatic carbocycles. The van der Waals surface area contributed by atoms with Gasteiger partial charge in [0, 0.05) is 10.0 Å².